The molecular formula is C56H68FN11O9S. The maximum Gasteiger partial charge on any atom is 0.312 e. The highest BCUT2D eigenvalue weighted by molar-refractivity contribution is 7.90. The number of anilines is 3. The number of nitrogens with one attached hydrogen (secondary N) is 3. The van der Waals surface area contributed by atoms with Crippen molar-refractivity contribution in [1.82, 2.24) is 34.5 Å². The topological polar surface area (TPSA) is 257 Å². The second kappa shape index (κ2) is 21.9. The van der Waals surface area contributed by atoms with E-state index in [1.54, 1.807) is 26.2 Å². The summed E-state index contributed by atoms with van der Waals surface area (Å²) in [4.78, 5) is 48.1. The van der Waals surface area contributed by atoms with Crippen LogP contribution in [0.4, 0.5) is 27.4 Å². The minimum atomic E-state index is -4.75. The van der Waals surface area contributed by atoms with Gasteiger partial charge in [0, 0.05) is 94.0 Å². The highest BCUT2D eigenvalue weighted by atomic mass is 32.2. The van der Waals surface area contributed by atoms with E-state index in [1.165, 1.54) is 30.4 Å². The summed E-state index contributed by atoms with van der Waals surface area (Å²) >= 11 is 0. The number of halogens is 1. The molecule has 10 rings (SSSR count). The Kier molecular flexibility index (Phi) is 15.3. The van der Waals surface area contributed by atoms with Crippen LogP contribution in [-0.2, 0) is 16.6 Å². The van der Waals surface area contributed by atoms with Crippen molar-refractivity contribution in [3.05, 3.63) is 117 Å². The van der Waals surface area contributed by atoms with Crippen molar-refractivity contribution >= 4 is 50.0 Å². The van der Waals surface area contributed by atoms with Crippen molar-refractivity contribution in [2.45, 2.75) is 107 Å². The predicted molar refractivity (Wildman–Crippen MR) is 293 cm³/mol. The number of amides is 1. The molecule has 2 aromatic carbocycles. The molecule has 2 saturated carbocycles. The number of hydrogen-bond acceptors (Lipinski definition) is 17. The van der Waals surface area contributed by atoms with Crippen LogP contribution in [0.25, 0.3) is 11.0 Å². The number of nitrogens with two attached hydrogens (primary N) is 1. The molecular weight excluding hydrogens is 1020 g/mol. The number of ether oxygens (including phenoxy) is 3. The van der Waals surface area contributed by atoms with Crippen LogP contribution < -0.4 is 34.9 Å². The first-order valence-corrected chi connectivity index (χ1v) is 28.1. The van der Waals surface area contributed by atoms with Crippen LogP contribution in [0.2, 0.25) is 0 Å². The van der Waals surface area contributed by atoms with Crippen LogP contribution in [0.3, 0.4) is 0 Å². The predicted octanol–water partition coefficient (Wildman–Crippen LogP) is 8.70. The number of piperidine rings is 1. The summed E-state index contributed by atoms with van der Waals surface area (Å²) in [5.41, 5.74) is 9.47. The molecule has 1 atom stereocenters. The van der Waals surface area contributed by atoms with Crippen molar-refractivity contribution in [1.29, 1.82) is 0 Å². The van der Waals surface area contributed by atoms with Gasteiger partial charge in [0.1, 0.15) is 27.9 Å². The third kappa shape index (κ3) is 11.5. The Hall–Kier alpha value is -7.14. The van der Waals surface area contributed by atoms with Crippen molar-refractivity contribution in [2.75, 3.05) is 69.4 Å². The minimum Gasteiger partial charge on any atom is -0.481 e. The zero-order valence-corrected chi connectivity index (χ0v) is 45.4. The number of carbonyl (C=O) groups is 1. The van der Waals surface area contributed by atoms with Gasteiger partial charge in [-0.25, -0.2) is 22.5 Å². The van der Waals surface area contributed by atoms with E-state index in [-0.39, 0.29) is 57.2 Å². The lowest BCUT2D eigenvalue weighted by Gasteiger charge is -2.58. The lowest BCUT2D eigenvalue weighted by Crippen LogP contribution is -2.60. The number of sulfonamides is 1. The number of benzene rings is 2. The van der Waals surface area contributed by atoms with E-state index in [4.69, 9.17) is 19.9 Å². The highest BCUT2D eigenvalue weighted by Gasteiger charge is 2.50. The van der Waals surface area contributed by atoms with E-state index in [0.717, 1.165) is 75.9 Å². The van der Waals surface area contributed by atoms with E-state index in [0.29, 0.717) is 74.7 Å². The first-order valence-electron chi connectivity index (χ1n) is 26.6. The molecule has 4 aromatic heterocycles. The van der Waals surface area contributed by atoms with Crippen LogP contribution in [0.15, 0.2) is 84.0 Å². The molecule has 20 nitrogen and oxygen atoms in total. The zero-order chi connectivity index (χ0) is 55.1. The van der Waals surface area contributed by atoms with Gasteiger partial charge in [-0.05, 0) is 110 Å². The lowest BCUT2D eigenvalue weighted by molar-refractivity contribution is -0.384. The number of nitro groups is 1. The van der Waals surface area contributed by atoms with Gasteiger partial charge in [-0.1, -0.05) is 38.1 Å². The molecule has 1 spiro atoms. The third-order valence-corrected chi connectivity index (χ3v) is 17.8. The number of hydrogen-bond donors (Lipinski definition) is 5. The Morgan fingerprint density at radius 1 is 0.987 bits per heavy atom. The molecule has 1 amide bonds. The number of carbonyl (C=O) groups excluding carboxylic acids is 1. The van der Waals surface area contributed by atoms with Crippen LogP contribution in [0.1, 0.15) is 111 Å². The fourth-order valence-corrected chi connectivity index (χ4v) is 13.0. The third-order valence-electron chi connectivity index (χ3n) is 16.5. The number of aromatic nitrogens is 4. The Bertz CT molecular complexity index is 3310. The molecule has 2 aliphatic heterocycles. The van der Waals surface area contributed by atoms with Gasteiger partial charge in [0.2, 0.25) is 11.7 Å². The first-order chi connectivity index (χ1) is 37.3. The fraction of sp³-hybridized carbons (Fsp3) is 0.464. The number of nitrogen functional groups attached to an aromatic ring is 1. The molecule has 6 heterocycles. The van der Waals surface area contributed by atoms with Gasteiger partial charge in [0.25, 0.3) is 21.8 Å². The second-order valence-corrected chi connectivity index (χ2v) is 23.8. The summed E-state index contributed by atoms with van der Waals surface area (Å²) in [5, 5.41) is 25.7. The van der Waals surface area contributed by atoms with Crippen molar-refractivity contribution in [3.8, 4) is 23.3 Å². The summed E-state index contributed by atoms with van der Waals surface area (Å²) < 4.78 is 62.1. The number of aliphatic hydroxyl groups is 1. The molecule has 0 unspecified atom stereocenters. The molecule has 2 aliphatic carbocycles. The van der Waals surface area contributed by atoms with Gasteiger partial charge in [-0.15, -0.1) is 0 Å². The first kappa shape index (κ1) is 54.2. The number of piperazine rings is 1. The van der Waals surface area contributed by atoms with Gasteiger partial charge in [-0.3, -0.25) is 24.7 Å². The smallest absolute Gasteiger partial charge is 0.312 e. The van der Waals surface area contributed by atoms with E-state index < -0.39 is 42.9 Å². The maximum atomic E-state index is 14.9. The van der Waals surface area contributed by atoms with Crippen molar-refractivity contribution < 1.29 is 41.8 Å². The molecule has 78 heavy (non-hydrogen) atoms. The maximum absolute atomic E-state index is 14.9. The number of H-pyrrole nitrogens is 1. The number of fused-ring (bicyclic) bond motifs is 1. The fourth-order valence-electron chi connectivity index (χ4n) is 12.0. The van der Waals surface area contributed by atoms with Crippen LogP contribution in [-0.4, -0.2) is 119 Å². The normalized spacial score (nSPS) is 21.1. The number of aromatic amines is 1. The summed E-state index contributed by atoms with van der Waals surface area (Å²) in [6, 6.07) is 20.4. The summed E-state index contributed by atoms with van der Waals surface area (Å²) in [5.74, 6) is -0.497. The Morgan fingerprint density at radius 2 is 1.74 bits per heavy atom. The Morgan fingerprint density at radius 3 is 2.46 bits per heavy atom. The molecule has 0 radical (unpaired) electrons. The van der Waals surface area contributed by atoms with Crippen molar-refractivity contribution in [2.24, 2.45) is 11.3 Å². The van der Waals surface area contributed by atoms with Gasteiger partial charge >= 0.3 is 5.69 Å². The SMILES string of the molecule is COc1cc(CN2CCN(C3CC4(CCN(c5ccc(C(=O)NS(=O)(=O)c6cnc(NCC7CCC(C)(O)CC7)c([N+](=O)[O-])c6)c(Oc6cc7c(F)c[nH]c7nc6OC)c5)CC4)C3)[C@H](c3ccccc3C(C)C)C2)cc(N)n1. The monoisotopic (exact) mass is 1090 g/mol. The summed E-state index contributed by atoms with van der Waals surface area (Å²) in [7, 11) is -1.79. The Labute approximate surface area is 453 Å². The second-order valence-electron chi connectivity index (χ2n) is 22.1. The van der Waals surface area contributed by atoms with E-state index in [2.05, 4.69) is 82.8 Å². The zero-order valence-electron chi connectivity index (χ0n) is 44.6. The van der Waals surface area contributed by atoms with Gasteiger partial charge < -0.3 is 40.3 Å². The molecule has 2 saturated heterocycles. The average Bonchev–Trinajstić information content (AvgIpc) is 3.83. The number of rotatable bonds is 17. The number of nitrogens with zero attached hydrogens (tertiary/aromatic N) is 7. The van der Waals surface area contributed by atoms with Crippen molar-refractivity contribution in [3.63, 3.8) is 0 Å². The molecule has 4 aliphatic rings. The number of methoxy groups -OCH3 is 2. The van der Waals surface area contributed by atoms with Crippen LogP contribution >= 0.6 is 0 Å². The lowest BCUT2D eigenvalue weighted by atomic mass is 9.59. The molecule has 0 bridgehead atoms. The molecule has 414 valence electrons. The van der Waals surface area contributed by atoms with Crippen LogP contribution in [0, 0.1) is 27.3 Å². The van der Waals surface area contributed by atoms with E-state index >= 15 is 0 Å². The minimum absolute atomic E-state index is 0.0217. The van der Waals surface area contributed by atoms with Gasteiger partial charge in [0.05, 0.1) is 41.9 Å². The summed E-state index contributed by atoms with van der Waals surface area (Å²) in [6.07, 6.45) is 8.67. The van der Waals surface area contributed by atoms with E-state index in [1.807, 2.05) is 12.1 Å². The van der Waals surface area contributed by atoms with Gasteiger partial charge in [0.15, 0.2) is 5.75 Å². The van der Waals surface area contributed by atoms with Gasteiger partial charge in [-0.2, -0.15) is 9.97 Å². The standard InChI is InChI=1S/C56H68FN11O9S/c1-34(2)40-8-6-7-9-41(40)46-33-65(32-36-22-49(58)62-50(23-36)75-4)20-21-67(46)38-27-56(28-38)16-18-66(19-17-56)37-10-11-42(47(24-37)77-48-26-43-44(57)31-61-51(43)63-54(48)76-5)53(69)64-78(73,74)39-25-45(68(71)72)52(60-30-39)59-29-35-12-14-55(3,70)15-13-35/h6-11,22-26,30-31,34-35,38,46,70H,12-21,27-29,32-33H2,1-5H3,(H2,58,62)(H,59,60)(H,61,63)(H,64,69)/t35?,46-,55?/m0/s1. The molecule has 6 aromatic rings. The summed E-state index contributed by atoms with van der Waals surface area (Å²) in [6.45, 7) is 11.5. The molecule has 6 N–H and O–H groups in total. The quantitative estimate of drug-likeness (QED) is 0.0423. The number of pyridine rings is 3. The highest BCUT2D eigenvalue weighted by Crippen LogP contribution is 2.53. The Balaban J connectivity index is 0.858. The molecule has 22 heteroatoms. The van der Waals surface area contributed by atoms with Crippen LogP contribution in [0.5, 0.6) is 23.3 Å². The van der Waals surface area contributed by atoms with E-state index in [9.17, 15) is 32.8 Å². The molecule has 4 fully saturated rings. The average molecular weight is 1090 g/mol. The largest absolute Gasteiger partial charge is 0.481 e.